The van der Waals surface area contributed by atoms with Crippen molar-refractivity contribution in [3.8, 4) is 11.3 Å². The normalized spacial score (nSPS) is 27.2. The Morgan fingerprint density at radius 2 is 1.80 bits per heavy atom. The first-order valence-electron chi connectivity index (χ1n) is 9.82. The van der Waals surface area contributed by atoms with Crippen LogP contribution in [0.4, 0.5) is 22.7 Å². The Hall–Kier alpha value is -2.00. The number of aromatic nitrogens is 1. The third-order valence-electron chi connectivity index (χ3n) is 6.00. The molecule has 1 aliphatic heterocycles. The van der Waals surface area contributed by atoms with Crippen LogP contribution in [0.15, 0.2) is 34.7 Å². The Morgan fingerprint density at radius 1 is 1.13 bits per heavy atom. The standard InChI is InChI=1S/C21H23F4N3OS/c1-19(2,3)14-5-4-6-15-17(14)27-28(20(15,29)21(23,24)25)18-26-16(11-30-18)12-7-9-13(22)10-8-12/h7-11,14-15,29H,4-6H2,1-3H3/t14-,15+,20+/m0/s1. The number of thiazole rings is 1. The third kappa shape index (κ3) is 3.32. The molecule has 0 saturated heterocycles. The van der Waals surface area contributed by atoms with Crippen LogP contribution in [0.3, 0.4) is 0 Å². The molecule has 1 aromatic carbocycles. The number of aliphatic hydroxyl groups is 1. The van der Waals surface area contributed by atoms with Crippen molar-refractivity contribution in [3.63, 3.8) is 0 Å². The van der Waals surface area contributed by atoms with E-state index in [1.165, 1.54) is 24.3 Å². The molecule has 0 unspecified atom stereocenters. The maximum atomic E-state index is 14.2. The summed E-state index contributed by atoms with van der Waals surface area (Å²) in [5.74, 6) is -1.70. The van der Waals surface area contributed by atoms with Gasteiger partial charge in [-0.2, -0.15) is 23.3 Å². The molecule has 9 heteroatoms. The van der Waals surface area contributed by atoms with Crippen LogP contribution < -0.4 is 5.01 Å². The Kier molecular flexibility index (Phi) is 4.97. The molecule has 1 aliphatic carbocycles. The number of fused-ring (bicyclic) bond motifs is 1. The smallest absolute Gasteiger partial charge is 0.362 e. The molecule has 1 N–H and O–H groups in total. The lowest BCUT2D eigenvalue weighted by atomic mass is 9.66. The fraction of sp³-hybridized carbons (Fsp3) is 0.524. The molecule has 1 fully saturated rings. The van der Waals surface area contributed by atoms with E-state index >= 15 is 0 Å². The molecule has 30 heavy (non-hydrogen) atoms. The second-order valence-corrected chi connectivity index (χ2v) is 9.82. The number of nitrogens with zero attached hydrogens (tertiary/aromatic N) is 3. The number of halogens is 4. The van der Waals surface area contributed by atoms with Crippen molar-refractivity contribution in [1.29, 1.82) is 0 Å². The molecule has 0 bridgehead atoms. The quantitative estimate of drug-likeness (QED) is 0.596. The zero-order valence-electron chi connectivity index (χ0n) is 16.9. The predicted octanol–water partition coefficient (Wildman–Crippen LogP) is 5.84. The first-order valence-corrected chi connectivity index (χ1v) is 10.7. The molecular weight excluding hydrogens is 418 g/mol. The highest BCUT2D eigenvalue weighted by atomic mass is 32.1. The monoisotopic (exact) mass is 441 g/mol. The van der Waals surface area contributed by atoms with Crippen molar-refractivity contribution in [2.45, 2.75) is 51.9 Å². The van der Waals surface area contributed by atoms with E-state index in [0.29, 0.717) is 28.4 Å². The minimum atomic E-state index is -4.91. The SMILES string of the molecule is CC(C)(C)[C@H]1CCC[C@@H]2C1=NN(c1nc(-c3ccc(F)cc3)cs1)[C@]2(O)C(F)(F)F. The maximum Gasteiger partial charge on any atom is 0.439 e. The highest BCUT2D eigenvalue weighted by Crippen LogP contribution is 2.53. The summed E-state index contributed by atoms with van der Waals surface area (Å²) < 4.78 is 55.8. The fourth-order valence-electron chi connectivity index (χ4n) is 4.45. The fourth-order valence-corrected chi connectivity index (χ4v) is 5.29. The number of alkyl halides is 3. The van der Waals surface area contributed by atoms with Gasteiger partial charge in [-0.1, -0.05) is 27.2 Å². The van der Waals surface area contributed by atoms with E-state index in [1.807, 2.05) is 20.8 Å². The number of hydrogen-bond acceptors (Lipinski definition) is 5. The topological polar surface area (TPSA) is 48.7 Å². The van der Waals surface area contributed by atoms with Crippen LogP contribution in [0.5, 0.6) is 0 Å². The van der Waals surface area contributed by atoms with Crippen LogP contribution in [0.2, 0.25) is 0 Å². The second kappa shape index (κ2) is 7.02. The van der Waals surface area contributed by atoms with Crippen molar-refractivity contribution in [2.24, 2.45) is 22.4 Å². The first-order chi connectivity index (χ1) is 13.9. The van der Waals surface area contributed by atoms with Crippen molar-refractivity contribution >= 4 is 22.2 Å². The van der Waals surface area contributed by atoms with E-state index in [4.69, 9.17) is 0 Å². The van der Waals surface area contributed by atoms with Crippen LogP contribution in [0, 0.1) is 23.1 Å². The number of anilines is 1. The summed E-state index contributed by atoms with van der Waals surface area (Å²) in [5, 5.41) is 17.6. The summed E-state index contributed by atoms with van der Waals surface area (Å²) in [6, 6.07) is 5.54. The Morgan fingerprint density at radius 3 is 2.40 bits per heavy atom. The third-order valence-corrected chi connectivity index (χ3v) is 6.82. The van der Waals surface area contributed by atoms with Crippen LogP contribution in [0.25, 0.3) is 11.3 Å². The number of hydrazone groups is 1. The largest absolute Gasteiger partial charge is 0.439 e. The molecule has 1 aromatic heterocycles. The zero-order valence-corrected chi connectivity index (χ0v) is 17.7. The van der Waals surface area contributed by atoms with Crippen LogP contribution >= 0.6 is 11.3 Å². The second-order valence-electron chi connectivity index (χ2n) is 8.98. The van der Waals surface area contributed by atoms with E-state index in [1.54, 1.807) is 5.38 Å². The highest BCUT2D eigenvalue weighted by Gasteiger charge is 2.69. The molecule has 2 aromatic rings. The predicted molar refractivity (Wildman–Crippen MR) is 109 cm³/mol. The number of benzene rings is 1. The van der Waals surface area contributed by atoms with E-state index in [9.17, 15) is 22.7 Å². The van der Waals surface area contributed by atoms with Crippen molar-refractivity contribution in [1.82, 2.24) is 4.98 Å². The van der Waals surface area contributed by atoms with E-state index in [2.05, 4.69) is 10.1 Å². The van der Waals surface area contributed by atoms with Crippen LogP contribution in [0.1, 0.15) is 40.0 Å². The van der Waals surface area contributed by atoms with Gasteiger partial charge in [-0.3, -0.25) is 0 Å². The average Bonchev–Trinajstić information content (AvgIpc) is 3.25. The number of hydrogen-bond donors (Lipinski definition) is 1. The molecule has 0 amide bonds. The van der Waals surface area contributed by atoms with Crippen molar-refractivity contribution < 1.29 is 22.7 Å². The summed E-state index contributed by atoms with van der Waals surface area (Å²) in [7, 11) is 0. The minimum Gasteiger partial charge on any atom is -0.362 e. The molecule has 162 valence electrons. The van der Waals surface area contributed by atoms with Gasteiger partial charge >= 0.3 is 6.18 Å². The van der Waals surface area contributed by atoms with Crippen LogP contribution in [-0.2, 0) is 0 Å². The zero-order chi connectivity index (χ0) is 21.9. The van der Waals surface area contributed by atoms with E-state index < -0.39 is 23.6 Å². The van der Waals surface area contributed by atoms with Gasteiger partial charge < -0.3 is 5.11 Å². The summed E-state index contributed by atoms with van der Waals surface area (Å²) in [5.41, 5.74) is -2.04. The summed E-state index contributed by atoms with van der Waals surface area (Å²) in [6.45, 7) is 5.94. The molecule has 1 saturated carbocycles. The maximum absolute atomic E-state index is 14.2. The highest BCUT2D eigenvalue weighted by molar-refractivity contribution is 7.14. The van der Waals surface area contributed by atoms with Gasteiger partial charge in [-0.25, -0.2) is 9.37 Å². The lowest BCUT2D eigenvalue weighted by molar-refractivity contribution is -0.269. The first kappa shape index (κ1) is 21.2. The summed E-state index contributed by atoms with van der Waals surface area (Å²) in [4.78, 5) is 4.30. The Balaban J connectivity index is 1.79. The van der Waals surface area contributed by atoms with Gasteiger partial charge in [0.05, 0.1) is 17.3 Å². The molecular formula is C21H23F4N3OS. The van der Waals surface area contributed by atoms with Gasteiger partial charge in [-0.15, -0.1) is 11.3 Å². The van der Waals surface area contributed by atoms with Gasteiger partial charge in [0.2, 0.25) is 5.13 Å². The summed E-state index contributed by atoms with van der Waals surface area (Å²) >= 11 is 0.972. The van der Waals surface area contributed by atoms with Gasteiger partial charge in [-0.05, 0) is 42.5 Å². The average molecular weight is 441 g/mol. The molecule has 2 aliphatic rings. The number of rotatable bonds is 2. The molecule has 0 radical (unpaired) electrons. The summed E-state index contributed by atoms with van der Waals surface area (Å²) in [6.07, 6.45) is -3.37. The molecule has 4 nitrogen and oxygen atoms in total. The van der Waals surface area contributed by atoms with E-state index in [0.717, 1.165) is 17.8 Å². The van der Waals surface area contributed by atoms with E-state index in [-0.39, 0.29) is 22.9 Å². The lowest BCUT2D eigenvalue weighted by Crippen LogP contribution is -2.61. The van der Waals surface area contributed by atoms with Gasteiger partial charge in [0, 0.05) is 16.9 Å². The lowest BCUT2D eigenvalue weighted by Gasteiger charge is -2.41. The van der Waals surface area contributed by atoms with Gasteiger partial charge in [0.1, 0.15) is 5.82 Å². The van der Waals surface area contributed by atoms with Crippen molar-refractivity contribution in [3.05, 3.63) is 35.5 Å². The van der Waals surface area contributed by atoms with Crippen LogP contribution in [-0.4, -0.2) is 27.7 Å². The van der Waals surface area contributed by atoms with Gasteiger partial charge in [0.15, 0.2) is 0 Å². The van der Waals surface area contributed by atoms with Crippen molar-refractivity contribution in [2.75, 3.05) is 5.01 Å². The molecule has 4 rings (SSSR count). The molecule has 3 atom stereocenters. The minimum absolute atomic E-state index is 0.0382. The van der Waals surface area contributed by atoms with Gasteiger partial charge in [0.25, 0.3) is 5.72 Å². The Bertz CT molecular complexity index is 964. The Labute approximate surface area is 176 Å². The molecule has 2 heterocycles. The molecule has 0 spiro atoms.